The van der Waals surface area contributed by atoms with Crippen LogP contribution in [0.3, 0.4) is 0 Å². The van der Waals surface area contributed by atoms with Crippen molar-refractivity contribution in [2.45, 2.75) is 45.1 Å². The highest BCUT2D eigenvalue weighted by Crippen LogP contribution is 2.10. The molecule has 0 amide bonds. The molecule has 1 heterocycles. The molecule has 0 spiro atoms. The quantitative estimate of drug-likeness (QED) is 0.596. The van der Waals surface area contributed by atoms with Gasteiger partial charge in [0.05, 0.1) is 0 Å². The zero-order chi connectivity index (χ0) is 10.9. The average molecular weight is 214 g/mol. The number of aliphatic hydroxyl groups is 1. The van der Waals surface area contributed by atoms with Gasteiger partial charge in [0.2, 0.25) is 0 Å². The molecule has 0 saturated carbocycles. The van der Waals surface area contributed by atoms with Crippen LogP contribution in [-0.4, -0.2) is 48.8 Å². The molecule has 1 aliphatic rings. The van der Waals surface area contributed by atoms with Crippen molar-refractivity contribution in [1.29, 1.82) is 0 Å². The van der Waals surface area contributed by atoms with E-state index in [1.807, 2.05) is 0 Å². The van der Waals surface area contributed by atoms with Crippen LogP contribution in [0.25, 0.3) is 0 Å². The fourth-order valence-corrected chi connectivity index (χ4v) is 2.33. The van der Waals surface area contributed by atoms with E-state index < -0.39 is 0 Å². The first-order chi connectivity index (χ1) is 7.38. The van der Waals surface area contributed by atoms with Crippen molar-refractivity contribution >= 4 is 0 Å². The molecule has 3 heteroatoms. The summed E-state index contributed by atoms with van der Waals surface area (Å²) in [6.45, 7) is 7.37. The first-order valence-corrected chi connectivity index (χ1v) is 6.44. The van der Waals surface area contributed by atoms with Crippen LogP contribution in [0.4, 0.5) is 0 Å². The van der Waals surface area contributed by atoms with Gasteiger partial charge in [0.25, 0.3) is 0 Å². The Morgan fingerprint density at radius 3 is 2.67 bits per heavy atom. The third kappa shape index (κ3) is 4.96. The molecule has 0 radical (unpaired) electrons. The molecule has 0 aromatic rings. The molecule has 0 aliphatic carbocycles. The summed E-state index contributed by atoms with van der Waals surface area (Å²) in [4.78, 5) is 2.60. The molecule has 15 heavy (non-hydrogen) atoms. The lowest BCUT2D eigenvalue weighted by Gasteiger charge is -2.26. The van der Waals surface area contributed by atoms with Crippen molar-refractivity contribution in [3.8, 4) is 0 Å². The number of rotatable bonds is 8. The normalized spacial score (nSPS) is 21.4. The van der Waals surface area contributed by atoms with Crippen molar-refractivity contribution in [2.75, 3.05) is 32.8 Å². The Kier molecular flexibility index (Phi) is 6.98. The van der Waals surface area contributed by atoms with E-state index in [0.717, 1.165) is 12.5 Å². The molecule has 2 N–H and O–H groups in total. The lowest BCUT2D eigenvalue weighted by atomic mass is 10.1. The molecule has 1 aliphatic heterocycles. The molecule has 90 valence electrons. The monoisotopic (exact) mass is 214 g/mol. The van der Waals surface area contributed by atoms with Crippen molar-refractivity contribution in [2.24, 2.45) is 0 Å². The topological polar surface area (TPSA) is 35.5 Å². The largest absolute Gasteiger partial charge is 0.396 e. The second kappa shape index (κ2) is 8.08. The molecule has 1 fully saturated rings. The summed E-state index contributed by atoms with van der Waals surface area (Å²) in [5, 5.41) is 12.1. The second-order valence-corrected chi connectivity index (χ2v) is 4.41. The highest BCUT2D eigenvalue weighted by atomic mass is 16.2. The number of likely N-dealkylation sites (N-methyl/N-ethyl adjacent to an activating group) is 1. The highest BCUT2D eigenvalue weighted by molar-refractivity contribution is 4.79. The third-order valence-corrected chi connectivity index (χ3v) is 3.31. The van der Waals surface area contributed by atoms with Gasteiger partial charge in [-0.05, 0) is 38.9 Å². The van der Waals surface area contributed by atoms with Gasteiger partial charge in [-0.2, -0.15) is 0 Å². The molecular weight excluding hydrogens is 188 g/mol. The predicted molar refractivity (Wildman–Crippen MR) is 64.1 cm³/mol. The molecular formula is C12H26N2O. The van der Waals surface area contributed by atoms with Crippen LogP contribution in [0.1, 0.15) is 39.0 Å². The Balaban J connectivity index is 2.05. The Hall–Kier alpha value is -0.120. The van der Waals surface area contributed by atoms with Gasteiger partial charge in [-0.15, -0.1) is 0 Å². The van der Waals surface area contributed by atoms with Crippen LogP contribution >= 0.6 is 0 Å². The van der Waals surface area contributed by atoms with Crippen LogP contribution in [0.5, 0.6) is 0 Å². The number of nitrogens with one attached hydrogen (secondary N) is 1. The maximum absolute atomic E-state index is 8.67. The Bertz CT molecular complexity index is 147. The van der Waals surface area contributed by atoms with Gasteiger partial charge >= 0.3 is 0 Å². The standard InChI is InChI=1S/C12H26N2O/c1-2-14(12-7-8-13-11-12)9-5-3-4-6-10-15/h12-13,15H,2-11H2,1H3. The van der Waals surface area contributed by atoms with E-state index in [0.29, 0.717) is 6.61 Å². The smallest absolute Gasteiger partial charge is 0.0431 e. The summed E-state index contributed by atoms with van der Waals surface area (Å²) < 4.78 is 0. The molecule has 1 rings (SSSR count). The minimum Gasteiger partial charge on any atom is -0.396 e. The predicted octanol–water partition coefficient (Wildman–Crippen LogP) is 1.22. The fourth-order valence-electron chi connectivity index (χ4n) is 2.33. The number of unbranched alkanes of at least 4 members (excludes halogenated alkanes) is 3. The molecule has 3 nitrogen and oxygen atoms in total. The van der Waals surface area contributed by atoms with E-state index >= 15 is 0 Å². The number of aliphatic hydroxyl groups excluding tert-OH is 1. The first kappa shape index (κ1) is 12.9. The van der Waals surface area contributed by atoms with Gasteiger partial charge in [-0.3, -0.25) is 4.90 Å². The average Bonchev–Trinajstić information content (AvgIpc) is 2.77. The van der Waals surface area contributed by atoms with E-state index in [1.165, 1.54) is 51.9 Å². The van der Waals surface area contributed by atoms with Gasteiger partial charge in [0, 0.05) is 19.2 Å². The van der Waals surface area contributed by atoms with E-state index in [1.54, 1.807) is 0 Å². The molecule has 1 atom stereocenters. The molecule has 1 saturated heterocycles. The fraction of sp³-hybridized carbons (Fsp3) is 1.00. The lowest BCUT2D eigenvalue weighted by molar-refractivity contribution is 0.212. The zero-order valence-corrected chi connectivity index (χ0v) is 10.0. The lowest BCUT2D eigenvalue weighted by Crippen LogP contribution is -2.37. The van der Waals surface area contributed by atoms with Crippen molar-refractivity contribution in [3.05, 3.63) is 0 Å². The maximum atomic E-state index is 8.67. The van der Waals surface area contributed by atoms with Crippen LogP contribution in [0.15, 0.2) is 0 Å². The third-order valence-electron chi connectivity index (χ3n) is 3.31. The van der Waals surface area contributed by atoms with Crippen molar-refractivity contribution in [3.63, 3.8) is 0 Å². The molecule has 1 unspecified atom stereocenters. The van der Waals surface area contributed by atoms with Gasteiger partial charge in [-0.25, -0.2) is 0 Å². The minimum absolute atomic E-state index is 0.351. The summed E-state index contributed by atoms with van der Waals surface area (Å²) in [6, 6.07) is 0.771. The highest BCUT2D eigenvalue weighted by Gasteiger charge is 2.19. The van der Waals surface area contributed by atoms with E-state index in [-0.39, 0.29) is 0 Å². The summed E-state index contributed by atoms with van der Waals surface area (Å²) in [7, 11) is 0. The van der Waals surface area contributed by atoms with Crippen LogP contribution in [0.2, 0.25) is 0 Å². The van der Waals surface area contributed by atoms with Gasteiger partial charge in [0.15, 0.2) is 0 Å². The van der Waals surface area contributed by atoms with Crippen LogP contribution < -0.4 is 5.32 Å². The maximum Gasteiger partial charge on any atom is 0.0431 e. The van der Waals surface area contributed by atoms with Crippen LogP contribution in [0, 0.1) is 0 Å². The summed E-state index contributed by atoms with van der Waals surface area (Å²) >= 11 is 0. The Morgan fingerprint density at radius 2 is 2.07 bits per heavy atom. The van der Waals surface area contributed by atoms with E-state index in [4.69, 9.17) is 5.11 Å². The Labute approximate surface area is 93.9 Å². The van der Waals surface area contributed by atoms with Gasteiger partial charge in [0.1, 0.15) is 0 Å². The minimum atomic E-state index is 0.351. The first-order valence-electron chi connectivity index (χ1n) is 6.44. The molecule has 0 bridgehead atoms. The number of nitrogens with zero attached hydrogens (tertiary/aromatic N) is 1. The van der Waals surface area contributed by atoms with E-state index in [9.17, 15) is 0 Å². The van der Waals surface area contributed by atoms with Crippen molar-refractivity contribution < 1.29 is 5.11 Å². The zero-order valence-electron chi connectivity index (χ0n) is 10.0. The van der Waals surface area contributed by atoms with Crippen molar-refractivity contribution in [1.82, 2.24) is 10.2 Å². The van der Waals surface area contributed by atoms with Crippen LogP contribution in [-0.2, 0) is 0 Å². The summed E-state index contributed by atoms with van der Waals surface area (Å²) in [5.41, 5.74) is 0. The van der Waals surface area contributed by atoms with E-state index in [2.05, 4.69) is 17.1 Å². The molecule has 0 aromatic heterocycles. The Morgan fingerprint density at radius 1 is 1.27 bits per heavy atom. The number of hydrogen-bond acceptors (Lipinski definition) is 3. The SMILES string of the molecule is CCN(CCCCCCO)C1CCNC1. The van der Waals surface area contributed by atoms with Gasteiger partial charge < -0.3 is 10.4 Å². The van der Waals surface area contributed by atoms with Gasteiger partial charge in [-0.1, -0.05) is 19.8 Å². The summed E-state index contributed by atoms with van der Waals surface area (Å²) in [5.74, 6) is 0. The summed E-state index contributed by atoms with van der Waals surface area (Å²) in [6.07, 6.45) is 6.00. The number of hydrogen-bond donors (Lipinski definition) is 2. The molecule has 0 aromatic carbocycles. The second-order valence-electron chi connectivity index (χ2n) is 4.41.